The third kappa shape index (κ3) is 5.01. The first-order valence-corrected chi connectivity index (χ1v) is 8.37. The topological polar surface area (TPSA) is 67.4 Å². The summed E-state index contributed by atoms with van der Waals surface area (Å²) in [5, 5.41) is 5.23. The van der Waals surface area contributed by atoms with Gasteiger partial charge in [-0.3, -0.25) is 0 Å². The molecule has 2 N–H and O–H groups in total. The molecule has 0 radical (unpaired) electrons. The van der Waals surface area contributed by atoms with E-state index >= 15 is 0 Å². The molecule has 9 heteroatoms. The smallest absolute Gasteiger partial charge is 0.338 e. The predicted octanol–water partition coefficient (Wildman–Crippen LogP) is 3.99. The summed E-state index contributed by atoms with van der Waals surface area (Å²) in [4.78, 5) is 24.1. The molecule has 2 rings (SSSR count). The van der Waals surface area contributed by atoms with Crippen molar-refractivity contribution in [2.75, 3.05) is 6.61 Å². The summed E-state index contributed by atoms with van der Waals surface area (Å²) in [6.07, 6.45) is 0. The molecule has 2 amide bonds. The lowest BCUT2D eigenvalue weighted by Crippen LogP contribution is -2.45. The number of benzene rings is 1. The van der Waals surface area contributed by atoms with Crippen LogP contribution in [0.4, 0.5) is 4.79 Å². The molecular weight excluding hydrogens is 430 g/mol. The minimum atomic E-state index is -1.71. The zero-order valence-corrected chi connectivity index (χ0v) is 15.7. The van der Waals surface area contributed by atoms with Gasteiger partial charge in [0.2, 0.25) is 3.79 Å². The van der Waals surface area contributed by atoms with Gasteiger partial charge in [0, 0.05) is 10.2 Å². The SMILES string of the molecule is CC1=C(C(=O)OCC(Cl)(Cl)Cl)C(c2cccc(Br)c2)NC(=O)N1. The molecule has 0 bridgehead atoms. The van der Waals surface area contributed by atoms with E-state index in [1.807, 2.05) is 6.07 Å². The third-order valence-electron chi connectivity index (χ3n) is 3.04. The highest BCUT2D eigenvalue weighted by atomic mass is 79.9. The van der Waals surface area contributed by atoms with Crippen LogP contribution in [0.5, 0.6) is 0 Å². The number of allylic oxidation sites excluding steroid dienone is 1. The molecular formula is C14H12BrCl3N2O3. The highest BCUT2D eigenvalue weighted by molar-refractivity contribution is 9.10. The van der Waals surface area contributed by atoms with Crippen molar-refractivity contribution in [2.24, 2.45) is 0 Å². The van der Waals surface area contributed by atoms with Gasteiger partial charge in [-0.25, -0.2) is 9.59 Å². The second kappa shape index (κ2) is 7.30. The molecule has 1 aliphatic heterocycles. The molecule has 0 spiro atoms. The molecule has 1 atom stereocenters. The van der Waals surface area contributed by atoms with E-state index in [0.717, 1.165) is 10.0 Å². The van der Waals surface area contributed by atoms with Crippen molar-refractivity contribution in [1.29, 1.82) is 0 Å². The van der Waals surface area contributed by atoms with E-state index in [1.165, 1.54) is 0 Å². The molecule has 1 heterocycles. The summed E-state index contributed by atoms with van der Waals surface area (Å²) in [6.45, 7) is 1.21. The number of alkyl halides is 3. The molecule has 0 saturated heterocycles. The first kappa shape index (κ1) is 18.4. The Bertz CT molecular complexity index is 673. The predicted molar refractivity (Wildman–Crippen MR) is 92.5 cm³/mol. The standard InChI is InChI=1S/C14H12BrCl3N2O3/c1-7-10(12(21)23-6-14(16,17)18)11(20-13(22)19-7)8-3-2-4-9(15)5-8/h2-5,11H,6H2,1H3,(H2,19,20,22). The lowest BCUT2D eigenvalue weighted by molar-refractivity contribution is -0.139. The molecule has 23 heavy (non-hydrogen) atoms. The average molecular weight is 443 g/mol. The van der Waals surface area contributed by atoms with Crippen LogP contribution >= 0.6 is 50.7 Å². The van der Waals surface area contributed by atoms with Crippen molar-refractivity contribution in [3.63, 3.8) is 0 Å². The maximum absolute atomic E-state index is 12.4. The van der Waals surface area contributed by atoms with Crippen LogP contribution in [-0.2, 0) is 9.53 Å². The van der Waals surface area contributed by atoms with Crippen molar-refractivity contribution in [3.8, 4) is 0 Å². The normalized spacial score (nSPS) is 18.3. The summed E-state index contributed by atoms with van der Waals surface area (Å²) in [6, 6.07) is 6.15. The van der Waals surface area contributed by atoms with Crippen molar-refractivity contribution in [2.45, 2.75) is 16.8 Å². The largest absolute Gasteiger partial charge is 0.458 e. The molecule has 0 saturated carbocycles. The Kier molecular flexibility index (Phi) is 5.84. The first-order chi connectivity index (χ1) is 10.7. The highest BCUT2D eigenvalue weighted by Crippen LogP contribution is 2.31. The zero-order chi connectivity index (χ0) is 17.2. The Hall–Kier alpha value is -0.950. The second-order valence-corrected chi connectivity index (χ2v) is 8.25. The summed E-state index contributed by atoms with van der Waals surface area (Å²) in [5.74, 6) is -0.675. The summed E-state index contributed by atoms with van der Waals surface area (Å²) < 4.78 is 4.14. The Morgan fingerprint density at radius 2 is 2.09 bits per heavy atom. The molecule has 1 aromatic rings. The third-order valence-corrected chi connectivity index (χ3v) is 3.86. The van der Waals surface area contributed by atoms with Gasteiger partial charge < -0.3 is 15.4 Å². The lowest BCUT2D eigenvalue weighted by atomic mass is 9.96. The number of esters is 1. The van der Waals surface area contributed by atoms with E-state index in [0.29, 0.717) is 5.70 Å². The van der Waals surface area contributed by atoms with Gasteiger partial charge in [0.15, 0.2) is 0 Å². The van der Waals surface area contributed by atoms with Gasteiger partial charge in [-0.05, 0) is 24.6 Å². The minimum Gasteiger partial charge on any atom is -0.458 e. The van der Waals surface area contributed by atoms with Crippen LogP contribution in [0.15, 0.2) is 40.0 Å². The van der Waals surface area contributed by atoms with Crippen molar-refractivity contribution in [3.05, 3.63) is 45.6 Å². The number of rotatable bonds is 3. The Labute approximate surface area is 156 Å². The van der Waals surface area contributed by atoms with Gasteiger partial charge >= 0.3 is 12.0 Å². The Morgan fingerprint density at radius 1 is 1.39 bits per heavy atom. The van der Waals surface area contributed by atoms with Gasteiger partial charge in [-0.15, -0.1) is 0 Å². The highest BCUT2D eigenvalue weighted by Gasteiger charge is 2.33. The van der Waals surface area contributed by atoms with Gasteiger partial charge in [0.1, 0.15) is 6.61 Å². The van der Waals surface area contributed by atoms with Crippen LogP contribution in [0.2, 0.25) is 0 Å². The van der Waals surface area contributed by atoms with E-state index in [9.17, 15) is 9.59 Å². The fourth-order valence-corrected chi connectivity index (χ4v) is 2.71. The van der Waals surface area contributed by atoms with Crippen molar-refractivity contribution >= 4 is 62.7 Å². The van der Waals surface area contributed by atoms with Crippen LogP contribution in [0.3, 0.4) is 0 Å². The summed E-state index contributed by atoms with van der Waals surface area (Å²) >= 11 is 20.1. The number of amides is 2. The number of nitrogens with one attached hydrogen (secondary N) is 2. The number of hydrogen-bond acceptors (Lipinski definition) is 3. The van der Waals surface area contributed by atoms with E-state index in [2.05, 4.69) is 26.6 Å². The molecule has 1 unspecified atom stereocenters. The summed E-state index contributed by atoms with van der Waals surface area (Å²) in [7, 11) is 0. The number of carbonyl (C=O) groups excluding carboxylic acids is 2. The molecule has 0 aliphatic carbocycles. The monoisotopic (exact) mass is 440 g/mol. The number of hydrogen-bond donors (Lipinski definition) is 2. The molecule has 1 aromatic carbocycles. The molecule has 5 nitrogen and oxygen atoms in total. The maximum Gasteiger partial charge on any atom is 0.338 e. The van der Waals surface area contributed by atoms with E-state index in [1.54, 1.807) is 25.1 Å². The van der Waals surface area contributed by atoms with E-state index in [4.69, 9.17) is 39.5 Å². The summed E-state index contributed by atoms with van der Waals surface area (Å²) in [5.41, 5.74) is 1.35. The zero-order valence-electron chi connectivity index (χ0n) is 11.8. The second-order valence-electron chi connectivity index (χ2n) is 4.82. The molecule has 1 aliphatic rings. The van der Waals surface area contributed by atoms with Crippen LogP contribution < -0.4 is 10.6 Å². The van der Waals surface area contributed by atoms with Crippen LogP contribution in [0.1, 0.15) is 18.5 Å². The minimum absolute atomic E-state index is 0.247. The average Bonchev–Trinajstić information content (AvgIpc) is 2.43. The van der Waals surface area contributed by atoms with E-state index in [-0.39, 0.29) is 5.57 Å². The quantitative estimate of drug-likeness (QED) is 0.550. The van der Waals surface area contributed by atoms with Gasteiger partial charge in [0.05, 0.1) is 11.6 Å². The number of urea groups is 1. The maximum atomic E-state index is 12.4. The lowest BCUT2D eigenvalue weighted by Gasteiger charge is -2.28. The molecule has 0 fully saturated rings. The van der Waals surface area contributed by atoms with Gasteiger partial charge in [-0.2, -0.15) is 0 Å². The van der Waals surface area contributed by atoms with E-state index < -0.39 is 28.4 Å². The number of carbonyl (C=O) groups is 2. The fourth-order valence-electron chi connectivity index (χ4n) is 2.13. The van der Waals surface area contributed by atoms with Gasteiger partial charge in [0.25, 0.3) is 0 Å². The Morgan fingerprint density at radius 3 is 2.70 bits per heavy atom. The fraction of sp³-hybridized carbons (Fsp3) is 0.286. The number of halogens is 4. The van der Waals surface area contributed by atoms with Crippen LogP contribution in [0, 0.1) is 0 Å². The first-order valence-electron chi connectivity index (χ1n) is 6.45. The Balaban J connectivity index is 2.33. The van der Waals surface area contributed by atoms with Gasteiger partial charge in [-0.1, -0.05) is 62.9 Å². The van der Waals surface area contributed by atoms with Crippen LogP contribution in [-0.4, -0.2) is 22.4 Å². The van der Waals surface area contributed by atoms with Crippen molar-refractivity contribution in [1.82, 2.24) is 10.6 Å². The van der Waals surface area contributed by atoms with Crippen molar-refractivity contribution < 1.29 is 14.3 Å². The van der Waals surface area contributed by atoms with Crippen LogP contribution in [0.25, 0.3) is 0 Å². The molecule has 0 aromatic heterocycles. The number of ether oxygens (including phenoxy) is 1. The molecule has 124 valence electrons.